The first-order chi connectivity index (χ1) is 14.8. The first-order valence-corrected chi connectivity index (χ1v) is 10.2. The third kappa shape index (κ3) is 6.37. The van der Waals surface area contributed by atoms with Crippen molar-refractivity contribution in [2.75, 3.05) is 5.32 Å². The van der Waals surface area contributed by atoms with E-state index in [0.29, 0.717) is 23.2 Å². The first-order valence-electron chi connectivity index (χ1n) is 10.2. The quantitative estimate of drug-likeness (QED) is 0.431. The Morgan fingerprint density at radius 3 is 2.00 bits per heavy atom. The van der Waals surface area contributed by atoms with E-state index in [2.05, 4.69) is 36.6 Å². The maximum atomic E-state index is 12.5. The third-order valence-corrected chi connectivity index (χ3v) is 4.85. The van der Waals surface area contributed by atoms with Gasteiger partial charge in [0.2, 0.25) is 0 Å². The lowest BCUT2D eigenvalue weighted by Crippen LogP contribution is -2.18. The van der Waals surface area contributed by atoms with Gasteiger partial charge in [0, 0.05) is 29.4 Å². The van der Waals surface area contributed by atoms with Gasteiger partial charge in [-0.15, -0.1) is 0 Å². The molecule has 3 rings (SSSR count). The average Bonchev–Trinajstić information content (AvgIpc) is 2.77. The van der Waals surface area contributed by atoms with Gasteiger partial charge in [0.05, 0.1) is 0 Å². The number of hydrogen-bond acceptors (Lipinski definition) is 3. The van der Waals surface area contributed by atoms with Crippen molar-refractivity contribution in [2.24, 2.45) is 5.10 Å². The Balaban J connectivity index is 1.53. The number of nitrogens with zero attached hydrogens (tertiary/aromatic N) is 1. The molecule has 0 spiro atoms. The van der Waals surface area contributed by atoms with E-state index in [-0.39, 0.29) is 17.2 Å². The number of hydrogen-bond donors (Lipinski definition) is 2. The van der Waals surface area contributed by atoms with E-state index in [4.69, 9.17) is 0 Å². The summed E-state index contributed by atoms with van der Waals surface area (Å²) in [6.07, 6.45) is 2.30. The predicted octanol–water partition coefficient (Wildman–Crippen LogP) is 5.19. The molecular weight excluding hydrogens is 386 g/mol. The molecule has 2 amide bonds. The van der Waals surface area contributed by atoms with Crippen LogP contribution in [0.5, 0.6) is 0 Å². The zero-order valence-electron chi connectivity index (χ0n) is 18.1. The lowest BCUT2D eigenvalue weighted by atomic mass is 9.87. The van der Waals surface area contributed by atoms with E-state index in [9.17, 15) is 9.59 Å². The molecule has 0 bridgehead atoms. The molecule has 158 valence electrons. The van der Waals surface area contributed by atoms with Crippen molar-refractivity contribution < 1.29 is 9.59 Å². The highest BCUT2D eigenvalue weighted by molar-refractivity contribution is 6.04. The first kappa shape index (κ1) is 22.0. The van der Waals surface area contributed by atoms with Gasteiger partial charge in [0.25, 0.3) is 11.8 Å². The SMILES string of the molecule is CC(C)(C)c1ccc(C(=O)Nc2ccc(C(=O)N/N=C/Cc3ccccc3)cc2)cc1. The fraction of sp³-hybridized carbons (Fsp3) is 0.192. The molecule has 0 atom stereocenters. The number of benzene rings is 3. The Bertz CT molecular complexity index is 1050. The fourth-order valence-corrected chi connectivity index (χ4v) is 2.96. The molecule has 0 aliphatic rings. The van der Waals surface area contributed by atoms with Crippen LogP contribution >= 0.6 is 0 Å². The normalized spacial score (nSPS) is 11.3. The maximum absolute atomic E-state index is 12.5. The molecule has 2 N–H and O–H groups in total. The average molecular weight is 414 g/mol. The van der Waals surface area contributed by atoms with Crippen molar-refractivity contribution in [1.82, 2.24) is 5.43 Å². The van der Waals surface area contributed by atoms with Crippen LogP contribution < -0.4 is 10.7 Å². The molecule has 0 saturated heterocycles. The number of nitrogens with one attached hydrogen (secondary N) is 2. The molecule has 3 aromatic rings. The summed E-state index contributed by atoms with van der Waals surface area (Å²) >= 11 is 0. The van der Waals surface area contributed by atoms with Crippen LogP contribution in [-0.2, 0) is 11.8 Å². The molecule has 0 aromatic heterocycles. The standard InChI is InChI=1S/C26H27N3O2/c1-26(2,3)22-13-9-20(10-14-22)24(30)28-23-15-11-21(12-16-23)25(31)29-27-18-17-19-7-5-4-6-8-19/h4-16,18H,17H2,1-3H3,(H,28,30)(H,29,31)/b27-18+. The summed E-state index contributed by atoms with van der Waals surface area (Å²) in [6, 6.07) is 24.2. The van der Waals surface area contributed by atoms with Crippen LogP contribution in [-0.4, -0.2) is 18.0 Å². The highest BCUT2D eigenvalue weighted by atomic mass is 16.2. The molecule has 31 heavy (non-hydrogen) atoms. The van der Waals surface area contributed by atoms with Crippen molar-refractivity contribution in [3.8, 4) is 0 Å². The molecular formula is C26H27N3O2. The van der Waals surface area contributed by atoms with Crippen LogP contribution in [0.25, 0.3) is 0 Å². The van der Waals surface area contributed by atoms with Gasteiger partial charge in [0.15, 0.2) is 0 Å². The van der Waals surface area contributed by atoms with Gasteiger partial charge in [-0.1, -0.05) is 63.2 Å². The Morgan fingerprint density at radius 1 is 0.806 bits per heavy atom. The van der Waals surface area contributed by atoms with Crippen molar-refractivity contribution in [3.63, 3.8) is 0 Å². The largest absolute Gasteiger partial charge is 0.322 e. The number of carbonyl (C=O) groups is 2. The lowest BCUT2D eigenvalue weighted by Gasteiger charge is -2.19. The topological polar surface area (TPSA) is 70.6 Å². The predicted molar refractivity (Wildman–Crippen MR) is 126 cm³/mol. The van der Waals surface area contributed by atoms with Gasteiger partial charge >= 0.3 is 0 Å². The summed E-state index contributed by atoms with van der Waals surface area (Å²) in [7, 11) is 0. The van der Waals surface area contributed by atoms with E-state index >= 15 is 0 Å². The van der Waals surface area contributed by atoms with Gasteiger partial charge in [-0.05, 0) is 52.9 Å². The van der Waals surface area contributed by atoms with Gasteiger partial charge in [-0.2, -0.15) is 5.10 Å². The molecule has 0 unspecified atom stereocenters. The molecule has 5 heteroatoms. The van der Waals surface area contributed by atoms with Crippen molar-refractivity contribution in [1.29, 1.82) is 0 Å². The van der Waals surface area contributed by atoms with E-state index in [1.54, 1.807) is 30.5 Å². The lowest BCUT2D eigenvalue weighted by molar-refractivity contribution is 0.0954. The van der Waals surface area contributed by atoms with E-state index in [0.717, 1.165) is 5.56 Å². The number of hydrazone groups is 1. The number of rotatable bonds is 6. The second-order valence-electron chi connectivity index (χ2n) is 8.30. The van der Waals surface area contributed by atoms with Crippen molar-refractivity contribution in [2.45, 2.75) is 32.6 Å². The number of carbonyl (C=O) groups excluding carboxylic acids is 2. The highest BCUT2D eigenvalue weighted by Crippen LogP contribution is 2.22. The molecule has 5 nitrogen and oxygen atoms in total. The summed E-state index contributed by atoms with van der Waals surface area (Å²) in [5, 5.41) is 6.84. The van der Waals surface area contributed by atoms with E-state index < -0.39 is 0 Å². The highest BCUT2D eigenvalue weighted by Gasteiger charge is 2.14. The Labute approximate surface area is 183 Å². The molecule has 0 saturated carbocycles. The second-order valence-corrected chi connectivity index (χ2v) is 8.30. The molecule has 0 fully saturated rings. The van der Waals surface area contributed by atoms with Crippen molar-refractivity contribution in [3.05, 3.63) is 101 Å². The number of amides is 2. The zero-order valence-corrected chi connectivity index (χ0v) is 18.1. The van der Waals surface area contributed by atoms with E-state index in [1.165, 1.54) is 5.56 Å². The summed E-state index contributed by atoms with van der Waals surface area (Å²) in [5.74, 6) is -0.497. The number of anilines is 1. The molecule has 0 aliphatic carbocycles. The summed E-state index contributed by atoms with van der Waals surface area (Å²) < 4.78 is 0. The van der Waals surface area contributed by atoms with Gasteiger partial charge < -0.3 is 5.32 Å². The van der Waals surface area contributed by atoms with Crippen LogP contribution in [0.1, 0.15) is 52.6 Å². The van der Waals surface area contributed by atoms with Crippen molar-refractivity contribution >= 4 is 23.7 Å². The van der Waals surface area contributed by atoms with Crippen LogP contribution in [0, 0.1) is 0 Å². The Hall–Kier alpha value is -3.73. The smallest absolute Gasteiger partial charge is 0.271 e. The summed E-state index contributed by atoms with van der Waals surface area (Å²) in [6.45, 7) is 6.40. The Kier molecular flexibility index (Phi) is 6.98. The van der Waals surface area contributed by atoms with Gasteiger partial charge in [-0.3, -0.25) is 9.59 Å². The Morgan fingerprint density at radius 2 is 1.39 bits per heavy atom. The van der Waals surface area contributed by atoms with E-state index in [1.807, 2.05) is 54.6 Å². The minimum atomic E-state index is -0.306. The van der Waals surface area contributed by atoms with Crippen LogP contribution in [0.3, 0.4) is 0 Å². The van der Waals surface area contributed by atoms with Gasteiger partial charge in [0.1, 0.15) is 0 Å². The minimum Gasteiger partial charge on any atom is -0.322 e. The fourth-order valence-electron chi connectivity index (χ4n) is 2.96. The summed E-state index contributed by atoms with van der Waals surface area (Å²) in [4.78, 5) is 24.7. The van der Waals surface area contributed by atoms with Crippen LogP contribution in [0.2, 0.25) is 0 Å². The maximum Gasteiger partial charge on any atom is 0.271 e. The molecule has 0 radical (unpaired) electrons. The molecule has 0 heterocycles. The molecule has 3 aromatic carbocycles. The third-order valence-electron chi connectivity index (χ3n) is 4.85. The minimum absolute atomic E-state index is 0.0387. The second kappa shape index (κ2) is 9.85. The van der Waals surface area contributed by atoms with Crippen LogP contribution in [0.15, 0.2) is 84.0 Å². The zero-order chi connectivity index (χ0) is 22.3. The van der Waals surface area contributed by atoms with Gasteiger partial charge in [-0.25, -0.2) is 5.43 Å². The summed E-state index contributed by atoms with van der Waals surface area (Å²) in [5.41, 5.74) is 6.51. The van der Waals surface area contributed by atoms with Crippen LogP contribution in [0.4, 0.5) is 5.69 Å². The monoisotopic (exact) mass is 413 g/mol. The molecule has 0 aliphatic heterocycles.